The second kappa shape index (κ2) is 5.62. The lowest BCUT2D eigenvalue weighted by molar-refractivity contribution is 0.0935. The number of hydrogen-bond donors (Lipinski definition) is 1. The van der Waals surface area contributed by atoms with E-state index in [1.165, 1.54) is 0 Å². The Labute approximate surface area is 78.1 Å². The highest BCUT2D eigenvalue weighted by atomic mass is 35.5. The molecule has 1 aromatic carbocycles. The highest BCUT2D eigenvalue weighted by Gasteiger charge is 2.04. The summed E-state index contributed by atoms with van der Waals surface area (Å²) in [7, 11) is 0. The largest absolute Gasteiger partial charge is 0.283 e. The summed E-state index contributed by atoms with van der Waals surface area (Å²) in [5.74, 6) is 7.39. The molecular formula is C9H10ClNO. The number of hydrogen-bond acceptors (Lipinski definition) is 2. The van der Waals surface area contributed by atoms with Crippen molar-refractivity contribution >= 4 is 12.4 Å². The first kappa shape index (κ1) is 11.0. The molecule has 1 aromatic rings. The topological polar surface area (TPSA) is 35.2 Å². The van der Waals surface area contributed by atoms with Gasteiger partial charge in [-0.15, -0.1) is 18.8 Å². The van der Waals surface area contributed by atoms with Gasteiger partial charge in [0.05, 0.1) is 0 Å². The molecule has 0 bridgehead atoms. The number of benzene rings is 1. The molecule has 0 amide bonds. The summed E-state index contributed by atoms with van der Waals surface area (Å²) < 4.78 is 0. The van der Waals surface area contributed by atoms with Gasteiger partial charge in [0.25, 0.3) is 0 Å². The van der Waals surface area contributed by atoms with Gasteiger partial charge in [0, 0.05) is 0 Å². The Morgan fingerprint density at radius 1 is 1.33 bits per heavy atom. The first-order valence-electron chi connectivity index (χ1n) is 3.25. The minimum Gasteiger partial charge on any atom is -0.283 e. The molecule has 0 aliphatic rings. The summed E-state index contributed by atoms with van der Waals surface area (Å²) in [6.07, 6.45) is 4.73. The van der Waals surface area contributed by atoms with E-state index in [2.05, 4.69) is 10.8 Å². The summed E-state index contributed by atoms with van der Waals surface area (Å²) in [5.41, 5.74) is 0.900. The predicted molar refractivity (Wildman–Crippen MR) is 50.5 cm³/mol. The fraction of sp³-hybridized carbons (Fsp3) is 0.111. The Bertz CT molecular complexity index is 255. The van der Waals surface area contributed by atoms with Crippen molar-refractivity contribution in [1.29, 1.82) is 0 Å². The molecule has 0 heterocycles. The number of rotatable bonds is 2. The number of nitrogens with two attached hydrogens (primary N) is 1. The van der Waals surface area contributed by atoms with Crippen LogP contribution in [0.2, 0.25) is 0 Å². The number of halogens is 1. The van der Waals surface area contributed by atoms with Crippen LogP contribution in [0.4, 0.5) is 0 Å². The van der Waals surface area contributed by atoms with E-state index >= 15 is 0 Å². The van der Waals surface area contributed by atoms with Crippen LogP contribution in [0.15, 0.2) is 30.3 Å². The van der Waals surface area contributed by atoms with Gasteiger partial charge >= 0.3 is 0 Å². The van der Waals surface area contributed by atoms with Crippen molar-refractivity contribution < 1.29 is 4.84 Å². The van der Waals surface area contributed by atoms with Crippen molar-refractivity contribution in [2.24, 2.45) is 5.90 Å². The summed E-state index contributed by atoms with van der Waals surface area (Å²) in [5, 5.41) is 0. The Kier molecular flexibility index (Phi) is 5.14. The van der Waals surface area contributed by atoms with Gasteiger partial charge in [0.15, 0.2) is 6.10 Å². The van der Waals surface area contributed by atoms with Gasteiger partial charge in [-0.25, -0.2) is 5.90 Å². The summed E-state index contributed by atoms with van der Waals surface area (Å²) in [6, 6.07) is 9.43. The maximum Gasteiger partial charge on any atom is 0.164 e. The van der Waals surface area contributed by atoms with Crippen LogP contribution < -0.4 is 5.90 Å². The van der Waals surface area contributed by atoms with Gasteiger partial charge in [0.2, 0.25) is 0 Å². The van der Waals surface area contributed by atoms with Crippen molar-refractivity contribution in [3.8, 4) is 12.3 Å². The molecule has 0 radical (unpaired) electrons. The van der Waals surface area contributed by atoms with Crippen LogP contribution in [0, 0.1) is 12.3 Å². The van der Waals surface area contributed by atoms with Crippen LogP contribution in [0.25, 0.3) is 0 Å². The van der Waals surface area contributed by atoms with E-state index in [9.17, 15) is 0 Å². The average Bonchev–Trinajstić information content (AvgIpc) is 2.09. The number of terminal acetylenes is 1. The zero-order valence-electron chi connectivity index (χ0n) is 6.44. The SMILES string of the molecule is C#CC(ON)c1ccccc1.Cl. The third-order valence-corrected chi connectivity index (χ3v) is 1.39. The Hall–Kier alpha value is -1.01. The van der Waals surface area contributed by atoms with Crippen molar-refractivity contribution in [1.82, 2.24) is 0 Å². The summed E-state index contributed by atoms with van der Waals surface area (Å²) >= 11 is 0. The molecule has 0 aliphatic heterocycles. The summed E-state index contributed by atoms with van der Waals surface area (Å²) in [4.78, 5) is 4.55. The molecule has 0 aliphatic carbocycles. The molecule has 1 atom stereocenters. The summed E-state index contributed by atoms with van der Waals surface area (Å²) in [6.45, 7) is 0. The molecule has 3 heteroatoms. The van der Waals surface area contributed by atoms with Gasteiger partial charge in [-0.3, -0.25) is 4.84 Å². The average molecular weight is 184 g/mol. The van der Waals surface area contributed by atoms with E-state index in [-0.39, 0.29) is 12.4 Å². The minimum atomic E-state index is -0.434. The van der Waals surface area contributed by atoms with Crippen LogP contribution in [0.1, 0.15) is 11.7 Å². The molecule has 0 saturated carbocycles. The second-order valence-corrected chi connectivity index (χ2v) is 2.09. The van der Waals surface area contributed by atoms with Crippen LogP contribution in [0.5, 0.6) is 0 Å². The molecule has 0 fully saturated rings. The van der Waals surface area contributed by atoms with Gasteiger partial charge in [-0.2, -0.15) is 0 Å². The molecule has 2 N–H and O–H groups in total. The van der Waals surface area contributed by atoms with Gasteiger partial charge in [-0.05, 0) is 5.56 Å². The fourth-order valence-corrected chi connectivity index (χ4v) is 0.842. The van der Waals surface area contributed by atoms with Crippen LogP contribution in [-0.2, 0) is 4.84 Å². The Morgan fingerprint density at radius 2 is 1.92 bits per heavy atom. The van der Waals surface area contributed by atoms with E-state index in [0.29, 0.717) is 0 Å². The normalized spacial score (nSPS) is 11.0. The minimum absolute atomic E-state index is 0. The highest BCUT2D eigenvalue weighted by Crippen LogP contribution is 2.12. The van der Waals surface area contributed by atoms with Crippen molar-refractivity contribution in [3.63, 3.8) is 0 Å². The molecule has 1 unspecified atom stereocenters. The fourth-order valence-electron chi connectivity index (χ4n) is 0.842. The molecule has 0 spiro atoms. The molecule has 2 nitrogen and oxygen atoms in total. The van der Waals surface area contributed by atoms with E-state index in [0.717, 1.165) is 5.56 Å². The van der Waals surface area contributed by atoms with Crippen molar-refractivity contribution in [3.05, 3.63) is 35.9 Å². The quantitative estimate of drug-likeness (QED) is 0.559. The van der Waals surface area contributed by atoms with E-state index in [1.54, 1.807) is 0 Å². The van der Waals surface area contributed by atoms with Crippen molar-refractivity contribution in [2.45, 2.75) is 6.10 Å². The smallest absolute Gasteiger partial charge is 0.164 e. The van der Waals surface area contributed by atoms with Crippen LogP contribution in [-0.4, -0.2) is 0 Å². The monoisotopic (exact) mass is 183 g/mol. The maximum atomic E-state index is 5.16. The van der Waals surface area contributed by atoms with Crippen molar-refractivity contribution in [2.75, 3.05) is 0 Å². The van der Waals surface area contributed by atoms with Gasteiger partial charge in [0.1, 0.15) is 0 Å². The third-order valence-electron chi connectivity index (χ3n) is 1.39. The highest BCUT2D eigenvalue weighted by molar-refractivity contribution is 5.85. The Balaban J connectivity index is 0.00000121. The molecule has 64 valence electrons. The van der Waals surface area contributed by atoms with Gasteiger partial charge < -0.3 is 0 Å². The third kappa shape index (κ3) is 2.55. The maximum absolute atomic E-state index is 5.16. The zero-order valence-corrected chi connectivity index (χ0v) is 7.25. The van der Waals surface area contributed by atoms with E-state index in [1.807, 2.05) is 30.3 Å². The van der Waals surface area contributed by atoms with Crippen LogP contribution >= 0.6 is 12.4 Å². The molecule has 0 saturated heterocycles. The second-order valence-electron chi connectivity index (χ2n) is 2.09. The lowest BCUT2D eigenvalue weighted by Crippen LogP contribution is -2.06. The predicted octanol–water partition coefficient (Wildman–Crippen LogP) is 1.67. The molecule has 0 aromatic heterocycles. The van der Waals surface area contributed by atoms with E-state index < -0.39 is 6.10 Å². The lowest BCUT2D eigenvalue weighted by Gasteiger charge is -2.06. The van der Waals surface area contributed by atoms with Crippen LogP contribution in [0.3, 0.4) is 0 Å². The van der Waals surface area contributed by atoms with Gasteiger partial charge in [-0.1, -0.05) is 36.3 Å². The molecular weight excluding hydrogens is 174 g/mol. The Morgan fingerprint density at radius 3 is 2.33 bits per heavy atom. The zero-order chi connectivity index (χ0) is 8.10. The lowest BCUT2D eigenvalue weighted by atomic mass is 10.1. The first-order valence-corrected chi connectivity index (χ1v) is 3.25. The first-order chi connectivity index (χ1) is 5.38. The standard InChI is InChI=1S/C9H9NO.ClH/c1-2-9(11-10)8-6-4-3-5-7-8;/h1,3-7,9H,10H2;1H. The molecule has 12 heavy (non-hydrogen) atoms. The van der Waals surface area contributed by atoms with E-state index in [4.69, 9.17) is 12.3 Å². The molecule has 1 rings (SSSR count).